The highest BCUT2D eigenvalue weighted by atomic mass is 79.9. The molecular weight excluding hydrogens is 376 g/mol. The van der Waals surface area contributed by atoms with E-state index in [9.17, 15) is 9.90 Å². The van der Waals surface area contributed by atoms with E-state index < -0.39 is 6.10 Å². The van der Waals surface area contributed by atoms with Gasteiger partial charge in [0.05, 0.1) is 13.2 Å². The van der Waals surface area contributed by atoms with Crippen LogP contribution in [0.1, 0.15) is 33.3 Å². The van der Waals surface area contributed by atoms with E-state index >= 15 is 0 Å². The number of carbonyl (C=O) groups excluding carboxylic acids is 1. The van der Waals surface area contributed by atoms with Gasteiger partial charge in [0.1, 0.15) is 0 Å². The Morgan fingerprint density at radius 2 is 2.04 bits per heavy atom. The molecule has 1 atom stereocenters. The molecule has 0 aliphatic heterocycles. The second-order valence-corrected chi connectivity index (χ2v) is 7.48. The maximum atomic E-state index is 12.0. The number of hydrogen-bond acceptors (Lipinski definition) is 5. The number of carbonyl (C=O) groups is 1. The molecule has 0 saturated heterocycles. The normalized spacial score (nSPS) is 12.6. The average molecular weight is 403 g/mol. The Morgan fingerprint density at radius 3 is 2.58 bits per heavy atom. The number of methoxy groups -OCH3 is 1. The average Bonchev–Trinajstić information content (AvgIpc) is 2.45. The Kier molecular flexibility index (Phi) is 7.99. The number of rotatable bonds is 8. The summed E-state index contributed by atoms with van der Waals surface area (Å²) in [5, 5.41) is 15.4. The maximum absolute atomic E-state index is 12.0. The molecule has 0 spiro atoms. The van der Waals surface area contributed by atoms with Crippen molar-refractivity contribution >= 4 is 21.8 Å². The van der Waals surface area contributed by atoms with Gasteiger partial charge >= 0.3 is 0 Å². The van der Waals surface area contributed by atoms with E-state index in [1.165, 1.54) is 0 Å². The van der Waals surface area contributed by atoms with Gasteiger partial charge in [0.15, 0.2) is 18.1 Å². The standard InChI is InChI=1S/C17H27BrN2O4/c1-11(21)8-19-9-12-13(18)6-7-14(23-5)16(12)24-10-15(22)20-17(2,3)4/h6-7,11,19,21H,8-10H2,1-5H3,(H,20,22). The Morgan fingerprint density at radius 1 is 1.38 bits per heavy atom. The number of amides is 1. The van der Waals surface area contributed by atoms with Crippen LogP contribution in [-0.4, -0.2) is 42.9 Å². The van der Waals surface area contributed by atoms with Gasteiger partial charge in [0.25, 0.3) is 5.91 Å². The lowest BCUT2D eigenvalue weighted by molar-refractivity contribution is -0.124. The number of aliphatic hydroxyl groups excluding tert-OH is 1. The third-order valence-electron chi connectivity index (χ3n) is 2.99. The van der Waals surface area contributed by atoms with Crippen LogP contribution < -0.4 is 20.1 Å². The summed E-state index contributed by atoms with van der Waals surface area (Å²) >= 11 is 3.49. The number of benzene rings is 1. The third-order valence-corrected chi connectivity index (χ3v) is 3.73. The predicted octanol–water partition coefficient (Wildman–Crippen LogP) is 2.22. The molecule has 3 N–H and O–H groups in total. The van der Waals surface area contributed by atoms with Crippen LogP contribution >= 0.6 is 15.9 Å². The molecule has 7 heteroatoms. The van der Waals surface area contributed by atoms with Gasteiger partial charge in [-0.2, -0.15) is 0 Å². The zero-order chi connectivity index (χ0) is 18.3. The summed E-state index contributed by atoms with van der Waals surface area (Å²) in [4.78, 5) is 12.0. The highest BCUT2D eigenvalue weighted by Crippen LogP contribution is 2.36. The zero-order valence-corrected chi connectivity index (χ0v) is 16.5. The Bertz CT molecular complexity index is 556. The smallest absolute Gasteiger partial charge is 0.258 e. The minimum Gasteiger partial charge on any atom is -0.493 e. The van der Waals surface area contributed by atoms with Crippen LogP contribution in [0, 0.1) is 0 Å². The molecule has 0 heterocycles. The van der Waals surface area contributed by atoms with Gasteiger partial charge in [-0.25, -0.2) is 0 Å². The van der Waals surface area contributed by atoms with Gasteiger partial charge in [-0.3, -0.25) is 4.79 Å². The molecule has 0 aromatic heterocycles. The minimum absolute atomic E-state index is 0.104. The van der Waals surface area contributed by atoms with Crippen LogP contribution in [-0.2, 0) is 11.3 Å². The third kappa shape index (κ3) is 7.07. The van der Waals surface area contributed by atoms with E-state index in [1.807, 2.05) is 26.8 Å². The Hall–Kier alpha value is -1.31. The molecule has 24 heavy (non-hydrogen) atoms. The van der Waals surface area contributed by atoms with E-state index in [-0.39, 0.29) is 18.1 Å². The Labute approximate surface area is 152 Å². The molecule has 0 radical (unpaired) electrons. The summed E-state index contributed by atoms with van der Waals surface area (Å²) in [7, 11) is 1.55. The first-order chi connectivity index (χ1) is 11.1. The summed E-state index contributed by atoms with van der Waals surface area (Å²) in [5.74, 6) is 0.858. The van der Waals surface area contributed by atoms with Crippen LogP contribution in [0.3, 0.4) is 0 Å². The first kappa shape index (κ1) is 20.7. The molecule has 0 bridgehead atoms. The quantitative estimate of drug-likeness (QED) is 0.621. The van der Waals surface area contributed by atoms with Crippen molar-refractivity contribution in [1.82, 2.24) is 10.6 Å². The highest BCUT2D eigenvalue weighted by molar-refractivity contribution is 9.10. The summed E-state index contributed by atoms with van der Waals surface area (Å²) in [5.41, 5.74) is 0.516. The number of aliphatic hydroxyl groups is 1. The van der Waals surface area contributed by atoms with Gasteiger partial charge in [0, 0.05) is 28.7 Å². The zero-order valence-electron chi connectivity index (χ0n) is 14.9. The lowest BCUT2D eigenvalue weighted by atomic mass is 10.1. The van der Waals surface area contributed by atoms with Crippen molar-refractivity contribution < 1.29 is 19.4 Å². The topological polar surface area (TPSA) is 79.8 Å². The van der Waals surface area contributed by atoms with Gasteiger partial charge in [0.2, 0.25) is 0 Å². The number of halogens is 1. The summed E-state index contributed by atoms with van der Waals surface area (Å²) < 4.78 is 11.9. The van der Waals surface area contributed by atoms with Gasteiger partial charge in [-0.1, -0.05) is 15.9 Å². The lowest BCUT2D eigenvalue weighted by Gasteiger charge is -2.21. The molecule has 1 rings (SSSR count). The first-order valence-corrected chi connectivity index (χ1v) is 8.61. The molecule has 136 valence electrons. The molecule has 1 aromatic rings. The van der Waals surface area contributed by atoms with E-state index in [0.29, 0.717) is 24.6 Å². The van der Waals surface area contributed by atoms with Crippen molar-refractivity contribution in [1.29, 1.82) is 0 Å². The second kappa shape index (κ2) is 9.25. The van der Waals surface area contributed by atoms with Crippen molar-refractivity contribution in [2.75, 3.05) is 20.3 Å². The molecule has 6 nitrogen and oxygen atoms in total. The molecule has 0 aliphatic rings. The van der Waals surface area contributed by atoms with E-state index in [1.54, 1.807) is 20.1 Å². The predicted molar refractivity (Wildman–Crippen MR) is 97.5 cm³/mol. The lowest BCUT2D eigenvalue weighted by Crippen LogP contribution is -2.43. The fourth-order valence-electron chi connectivity index (χ4n) is 2.06. The fourth-order valence-corrected chi connectivity index (χ4v) is 2.52. The molecule has 1 aromatic carbocycles. The van der Waals surface area contributed by atoms with Crippen LogP contribution in [0.5, 0.6) is 11.5 Å². The van der Waals surface area contributed by atoms with Crippen molar-refractivity contribution in [3.05, 3.63) is 22.2 Å². The number of nitrogens with one attached hydrogen (secondary N) is 2. The summed E-state index contributed by atoms with van der Waals surface area (Å²) in [6.07, 6.45) is -0.448. The molecule has 0 aliphatic carbocycles. The van der Waals surface area contributed by atoms with Gasteiger partial charge < -0.3 is 25.2 Å². The maximum Gasteiger partial charge on any atom is 0.258 e. The number of ether oxygens (including phenoxy) is 2. The van der Waals surface area contributed by atoms with Gasteiger partial charge in [-0.15, -0.1) is 0 Å². The Balaban J connectivity index is 2.89. The second-order valence-electron chi connectivity index (χ2n) is 6.62. The monoisotopic (exact) mass is 402 g/mol. The SMILES string of the molecule is COc1ccc(Br)c(CNCC(C)O)c1OCC(=O)NC(C)(C)C. The van der Waals surface area contributed by atoms with E-state index in [2.05, 4.69) is 26.6 Å². The van der Waals surface area contributed by atoms with Crippen LogP contribution in [0.4, 0.5) is 0 Å². The number of hydrogen-bond donors (Lipinski definition) is 3. The van der Waals surface area contributed by atoms with Crippen molar-refractivity contribution in [3.8, 4) is 11.5 Å². The highest BCUT2D eigenvalue weighted by Gasteiger charge is 2.18. The largest absolute Gasteiger partial charge is 0.493 e. The minimum atomic E-state index is -0.448. The van der Waals surface area contributed by atoms with Crippen molar-refractivity contribution in [2.45, 2.75) is 45.9 Å². The van der Waals surface area contributed by atoms with Crippen LogP contribution in [0.25, 0.3) is 0 Å². The molecular formula is C17H27BrN2O4. The summed E-state index contributed by atoms with van der Waals surface area (Å²) in [6, 6.07) is 3.64. The molecule has 0 saturated carbocycles. The fraction of sp³-hybridized carbons (Fsp3) is 0.588. The first-order valence-electron chi connectivity index (χ1n) is 7.82. The molecule has 1 unspecified atom stereocenters. The van der Waals surface area contributed by atoms with Crippen molar-refractivity contribution in [3.63, 3.8) is 0 Å². The molecule has 1 amide bonds. The van der Waals surface area contributed by atoms with Crippen molar-refractivity contribution in [2.24, 2.45) is 0 Å². The summed E-state index contributed by atoms with van der Waals surface area (Å²) in [6.45, 7) is 8.27. The molecule has 0 fully saturated rings. The van der Waals surface area contributed by atoms with Gasteiger partial charge in [-0.05, 0) is 39.8 Å². The van der Waals surface area contributed by atoms with E-state index in [4.69, 9.17) is 9.47 Å². The van der Waals surface area contributed by atoms with E-state index in [0.717, 1.165) is 10.0 Å². The van der Waals surface area contributed by atoms with Crippen LogP contribution in [0.15, 0.2) is 16.6 Å². The van der Waals surface area contributed by atoms with Crippen LogP contribution in [0.2, 0.25) is 0 Å².